The predicted octanol–water partition coefficient (Wildman–Crippen LogP) is 2.62. The molecule has 138 valence electrons. The van der Waals surface area contributed by atoms with Gasteiger partial charge in [0.15, 0.2) is 5.96 Å². The van der Waals surface area contributed by atoms with Crippen molar-refractivity contribution in [2.75, 3.05) is 33.2 Å². The molecular weight excluding hydrogens is 434 g/mol. The number of amides is 1. The van der Waals surface area contributed by atoms with E-state index in [1.54, 1.807) is 19.2 Å². The second-order valence-corrected chi connectivity index (χ2v) is 6.73. The van der Waals surface area contributed by atoms with E-state index in [1.807, 2.05) is 0 Å². The number of halogens is 2. The summed E-state index contributed by atoms with van der Waals surface area (Å²) in [6.45, 7) is 3.11. The third-order valence-corrected chi connectivity index (χ3v) is 5.18. The monoisotopic (exact) mass is 460 g/mol. The Hall–Kier alpha value is -1.38. The van der Waals surface area contributed by atoms with E-state index in [-0.39, 0.29) is 35.4 Å². The van der Waals surface area contributed by atoms with Crippen LogP contribution in [0.2, 0.25) is 0 Å². The Morgan fingerprint density at radius 2 is 1.96 bits per heavy atom. The summed E-state index contributed by atoms with van der Waals surface area (Å²) in [5.41, 5.74) is 0.602. The Bertz CT molecular complexity index is 633. The topological polar surface area (TPSA) is 56.7 Å². The van der Waals surface area contributed by atoms with Gasteiger partial charge in [0.25, 0.3) is 5.91 Å². The summed E-state index contributed by atoms with van der Waals surface area (Å²) in [5, 5.41) is 6.02. The van der Waals surface area contributed by atoms with Crippen LogP contribution in [0.3, 0.4) is 0 Å². The van der Waals surface area contributed by atoms with Gasteiger partial charge in [0.2, 0.25) is 0 Å². The molecule has 0 radical (unpaired) electrons. The number of benzene rings is 1. The maximum Gasteiger partial charge on any atom is 0.254 e. The van der Waals surface area contributed by atoms with E-state index in [1.165, 1.54) is 37.8 Å². The van der Waals surface area contributed by atoms with Crippen LogP contribution >= 0.6 is 24.0 Å². The molecule has 1 saturated carbocycles. The standard InChI is InChI=1S/C18H25FN4O.HI/c1-20-17(23-12-9-18(13-23)7-4-8-18)22-11-10-21-16(24)14-5-2-3-6-15(14)19;/h2-3,5-6H,4,7-13H2,1H3,(H,20,22)(H,21,24);1H. The molecular formula is C18H26FIN4O. The first-order valence-corrected chi connectivity index (χ1v) is 8.62. The molecule has 1 aliphatic heterocycles. The van der Waals surface area contributed by atoms with Crippen molar-refractivity contribution >= 4 is 35.8 Å². The van der Waals surface area contributed by atoms with E-state index in [4.69, 9.17) is 0 Å². The number of rotatable bonds is 4. The van der Waals surface area contributed by atoms with Gasteiger partial charge in [-0.3, -0.25) is 9.79 Å². The van der Waals surface area contributed by atoms with E-state index in [0.29, 0.717) is 18.5 Å². The Kier molecular flexibility index (Phi) is 7.04. The van der Waals surface area contributed by atoms with Crippen LogP contribution in [0.4, 0.5) is 4.39 Å². The van der Waals surface area contributed by atoms with E-state index < -0.39 is 5.82 Å². The molecule has 0 aromatic heterocycles. The Morgan fingerprint density at radius 1 is 1.24 bits per heavy atom. The minimum absolute atomic E-state index is 0. The largest absolute Gasteiger partial charge is 0.354 e. The summed E-state index contributed by atoms with van der Waals surface area (Å²) < 4.78 is 13.5. The molecule has 1 aromatic rings. The minimum atomic E-state index is -0.498. The van der Waals surface area contributed by atoms with Crippen molar-refractivity contribution in [1.29, 1.82) is 0 Å². The number of nitrogens with zero attached hydrogens (tertiary/aromatic N) is 2. The molecule has 7 heteroatoms. The van der Waals surface area contributed by atoms with Gasteiger partial charge in [-0.25, -0.2) is 4.39 Å². The van der Waals surface area contributed by atoms with Crippen LogP contribution in [-0.2, 0) is 0 Å². The zero-order valence-electron chi connectivity index (χ0n) is 14.6. The molecule has 1 spiro atoms. The Labute approximate surface area is 165 Å². The predicted molar refractivity (Wildman–Crippen MR) is 108 cm³/mol. The highest BCUT2D eigenvalue weighted by atomic mass is 127. The fourth-order valence-corrected chi connectivity index (χ4v) is 3.62. The molecule has 2 N–H and O–H groups in total. The fourth-order valence-electron chi connectivity index (χ4n) is 3.62. The van der Waals surface area contributed by atoms with Gasteiger partial charge in [-0.15, -0.1) is 24.0 Å². The lowest BCUT2D eigenvalue weighted by Gasteiger charge is -2.38. The van der Waals surface area contributed by atoms with Crippen molar-refractivity contribution in [2.45, 2.75) is 25.7 Å². The smallest absolute Gasteiger partial charge is 0.254 e. The molecule has 3 rings (SSSR count). The van der Waals surface area contributed by atoms with E-state index in [0.717, 1.165) is 19.0 Å². The average Bonchev–Trinajstić information content (AvgIpc) is 3.01. The van der Waals surface area contributed by atoms with Crippen LogP contribution in [0, 0.1) is 11.2 Å². The highest BCUT2D eigenvalue weighted by Gasteiger charge is 2.43. The van der Waals surface area contributed by atoms with Crippen LogP contribution in [0.25, 0.3) is 0 Å². The highest BCUT2D eigenvalue weighted by molar-refractivity contribution is 14.0. The van der Waals surface area contributed by atoms with Crippen LogP contribution in [0.1, 0.15) is 36.0 Å². The molecule has 25 heavy (non-hydrogen) atoms. The molecule has 2 fully saturated rings. The molecule has 5 nitrogen and oxygen atoms in total. The van der Waals surface area contributed by atoms with Crippen molar-refractivity contribution in [3.63, 3.8) is 0 Å². The van der Waals surface area contributed by atoms with Crippen molar-refractivity contribution in [1.82, 2.24) is 15.5 Å². The number of likely N-dealkylation sites (tertiary alicyclic amines) is 1. The summed E-state index contributed by atoms with van der Waals surface area (Å²) in [4.78, 5) is 18.6. The highest BCUT2D eigenvalue weighted by Crippen LogP contribution is 2.47. The van der Waals surface area contributed by atoms with E-state index in [2.05, 4.69) is 20.5 Å². The number of guanidine groups is 1. The van der Waals surface area contributed by atoms with Crippen LogP contribution in [0.15, 0.2) is 29.3 Å². The summed E-state index contributed by atoms with van der Waals surface area (Å²) in [6.07, 6.45) is 5.26. The van der Waals surface area contributed by atoms with Gasteiger partial charge < -0.3 is 15.5 Å². The van der Waals surface area contributed by atoms with Crippen LogP contribution in [0.5, 0.6) is 0 Å². The lowest BCUT2D eigenvalue weighted by atomic mass is 9.68. The van der Waals surface area contributed by atoms with Gasteiger partial charge in [0.1, 0.15) is 5.82 Å². The lowest BCUT2D eigenvalue weighted by molar-refractivity contribution is 0.0950. The zero-order chi connectivity index (χ0) is 17.0. The second kappa shape index (κ2) is 8.82. The quantitative estimate of drug-likeness (QED) is 0.315. The Morgan fingerprint density at radius 3 is 2.56 bits per heavy atom. The second-order valence-electron chi connectivity index (χ2n) is 6.73. The van der Waals surface area contributed by atoms with Gasteiger partial charge in [0, 0.05) is 33.2 Å². The van der Waals surface area contributed by atoms with Gasteiger partial charge in [-0.2, -0.15) is 0 Å². The van der Waals surface area contributed by atoms with E-state index >= 15 is 0 Å². The summed E-state index contributed by atoms with van der Waals surface area (Å²) in [6, 6.07) is 6.00. The molecule has 0 atom stereocenters. The third kappa shape index (κ3) is 4.62. The van der Waals surface area contributed by atoms with Gasteiger partial charge in [-0.05, 0) is 36.8 Å². The number of carbonyl (C=O) groups is 1. The molecule has 1 aromatic carbocycles. The number of nitrogens with one attached hydrogen (secondary N) is 2. The van der Waals surface area contributed by atoms with Gasteiger partial charge >= 0.3 is 0 Å². The summed E-state index contributed by atoms with van der Waals surface area (Å²) in [7, 11) is 1.78. The summed E-state index contributed by atoms with van der Waals surface area (Å²) >= 11 is 0. The first-order valence-electron chi connectivity index (χ1n) is 8.62. The molecule has 1 amide bonds. The molecule has 0 bridgehead atoms. The van der Waals surface area contributed by atoms with Crippen LogP contribution < -0.4 is 10.6 Å². The molecule has 0 unspecified atom stereocenters. The van der Waals surface area contributed by atoms with Crippen molar-refractivity contribution in [3.05, 3.63) is 35.6 Å². The molecule has 1 saturated heterocycles. The normalized spacial score (nSPS) is 18.5. The summed E-state index contributed by atoms with van der Waals surface area (Å²) in [5.74, 6) is 0.0000264. The van der Waals surface area contributed by atoms with Gasteiger partial charge in [0.05, 0.1) is 5.56 Å². The number of carbonyl (C=O) groups excluding carboxylic acids is 1. The number of aliphatic imine (C=N–C) groups is 1. The van der Waals surface area contributed by atoms with Crippen molar-refractivity contribution in [2.24, 2.45) is 10.4 Å². The fraction of sp³-hybridized carbons (Fsp3) is 0.556. The zero-order valence-corrected chi connectivity index (χ0v) is 16.9. The maximum absolute atomic E-state index is 13.5. The molecule has 1 heterocycles. The minimum Gasteiger partial charge on any atom is -0.354 e. The molecule has 1 aliphatic carbocycles. The molecule has 2 aliphatic rings. The number of hydrogen-bond acceptors (Lipinski definition) is 2. The Balaban J connectivity index is 0.00000225. The third-order valence-electron chi connectivity index (χ3n) is 5.18. The van der Waals surface area contributed by atoms with E-state index in [9.17, 15) is 9.18 Å². The van der Waals surface area contributed by atoms with Crippen molar-refractivity contribution < 1.29 is 9.18 Å². The maximum atomic E-state index is 13.5. The lowest BCUT2D eigenvalue weighted by Crippen LogP contribution is -2.44. The first-order chi connectivity index (χ1) is 11.6. The van der Waals surface area contributed by atoms with Gasteiger partial charge in [-0.1, -0.05) is 18.6 Å². The van der Waals surface area contributed by atoms with Crippen molar-refractivity contribution in [3.8, 4) is 0 Å². The average molecular weight is 460 g/mol. The SMILES string of the molecule is CN=C(NCCNC(=O)c1ccccc1F)N1CCC2(CCC2)C1.I. The van der Waals surface area contributed by atoms with Crippen LogP contribution in [-0.4, -0.2) is 50.0 Å². The first kappa shape index (κ1) is 19.9. The number of hydrogen-bond donors (Lipinski definition) is 2.